The molecule has 4 rings (SSSR count). The van der Waals surface area contributed by atoms with Crippen molar-refractivity contribution in [3.63, 3.8) is 0 Å². The van der Waals surface area contributed by atoms with Gasteiger partial charge in [-0.2, -0.15) is 0 Å². The molecule has 1 saturated heterocycles. The van der Waals surface area contributed by atoms with Gasteiger partial charge in [0, 0.05) is 33.7 Å². The molecular formula is C28H29Cl2N3O2S. The second-order valence-electron chi connectivity index (χ2n) is 9.23. The summed E-state index contributed by atoms with van der Waals surface area (Å²) in [7, 11) is 3.92. The van der Waals surface area contributed by atoms with Crippen LogP contribution in [0, 0.1) is 6.92 Å². The number of anilines is 1. The number of halogens is 2. The Labute approximate surface area is 226 Å². The van der Waals surface area contributed by atoms with Gasteiger partial charge in [-0.05, 0) is 75.1 Å². The monoisotopic (exact) mass is 541 g/mol. The zero-order valence-electron chi connectivity index (χ0n) is 20.5. The predicted molar refractivity (Wildman–Crippen MR) is 149 cm³/mol. The summed E-state index contributed by atoms with van der Waals surface area (Å²) in [5.41, 5.74) is 2.66. The zero-order valence-corrected chi connectivity index (χ0v) is 22.8. The third-order valence-corrected chi connectivity index (χ3v) is 8.15. The maximum atomic E-state index is 14.1. The predicted octanol–water partition coefficient (Wildman–Crippen LogP) is 5.99. The van der Waals surface area contributed by atoms with Crippen LogP contribution in [0.2, 0.25) is 10.0 Å². The molecule has 1 heterocycles. The largest absolute Gasteiger partial charge is 0.354 e. The van der Waals surface area contributed by atoms with E-state index in [0.29, 0.717) is 28.8 Å². The smallest absolute Gasteiger partial charge is 0.239 e. The van der Waals surface area contributed by atoms with Gasteiger partial charge in [-0.25, -0.2) is 0 Å². The highest BCUT2D eigenvalue weighted by Gasteiger charge is 2.58. The van der Waals surface area contributed by atoms with Crippen LogP contribution in [0.1, 0.15) is 23.6 Å². The summed E-state index contributed by atoms with van der Waals surface area (Å²) in [6, 6.07) is 22.0. The summed E-state index contributed by atoms with van der Waals surface area (Å²) >= 11 is 13.8. The molecule has 188 valence electrons. The first kappa shape index (κ1) is 26.6. The second-order valence-corrected chi connectivity index (χ2v) is 11.5. The van der Waals surface area contributed by atoms with E-state index in [0.717, 1.165) is 16.0 Å². The third-order valence-electron chi connectivity index (χ3n) is 6.22. The van der Waals surface area contributed by atoms with E-state index in [-0.39, 0.29) is 18.2 Å². The summed E-state index contributed by atoms with van der Waals surface area (Å²) in [6.45, 7) is 3.19. The fourth-order valence-electron chi connectivity index (χ4n) is 4.42. The minimum Gasteiger partial charge on any atom is -0.354 e. The van der Waals surface area contributed by atoms with Crippen molar-refractivity contribution in [1.82, 2.24) is 10.2 Å². The summed E-state index contributed by atoms with van der Waals surface area (Å²) < 4.78 is -1.11. The number of rotatable bonds is 8. The van der Waals surface area contributed by atoms with E-state index in [1.807, 2.05) is 74.4 Å². The minimum atomic E-state index is -1.11. The molecule has 8 heteroatoms. The van der Waals surface area contributed by atoms with E-state index in [9.17, 15) is 9.59 Å². The Balaban J connectivity index is 1.85. The van der Waals surface area contributed by atoms with Gasteiger partial charge in [0.2, 0.25) is 11.8 Å². The quantitative estimate of drug-likeness (QED) is 0.380. The summed E-state index contributed by atoms with van der Waals surface area (Å²) in [5, 5.41) is 4.28. The maximum absolute atomic E-state index is 14.1. The fraction of sp³-hybridized carbons (Fsp3) is 0.286. The highest BCUT2D eigenvalue weighted by Crippen LogP contribution is 2.54. The lowest BCUT2D eigenvalue weighted by Gasteiger charge is -2.36. The average Bonchev–Trinajstić information content (AvgIpc) is 3.14. The van der Waals surface area contributed by atoms with Gasteiger partial charge in [-0.1, -0.05) is 53.0 Å². The Hall–Kier alpha value is -2.51. The molecule has 0 aromatic heterocycles. The summed E-state index contributed by atoms with van der Waals surface area (Å²) in [4.78, 5) is 32.5. The molecule has 5 nitrogen and oxygen atoms in total. The number of hydrogen-bond donors (Lipinski definition) is 1. The van der Waals surface area contributed by atoms with Crippen molar-refractivity contribution in [2.75, 3.05) is 32.1 Å². The Bertz CT molecular complexity index is 1220. The zero-order chi connectivity index (χ0) is 25.9. The third kappa shape index (κ3) is 5.73. The molecule has 0 bridgehead atoms. The van der Waals surface area contributed by atoms with Gasteiger partial charge in [-0.15, -0.1) is 11.8 Å². The molecule has 3 aromatic carbocycles. The molecule has 0 spiro atoms. The van der Waals surface area contributed by atoms with Crippen LogP contribution >= 0.6 is 35.0 Å². The minimum absolute atomic E-state index is 0.0509. The first-order chi connectivity index (χ1) is 17.2. The maximum Gasteiger partial charge on any atom is 0.239 e. The molecule has 36 heavy (non-hydrogen) atoms. The molecule has 2 atom stereocenters. The highest BCUT2D eigenvalue weighted by molar-refractivity contribution is 8.01. The first-order valence-electron chi connectivity index (χ1n) is 11.7. The van der Waals surface area contributed by atoms with Crippen molar-refractivity contribution in [3.8, 4) is 0 Å². The number of likely N-dealkylation sites (N-methyl/N-ethyl adjacent to an activating group) is 1. The van der Waals surface area contributed by atoms with Crippen molar-refractivity contribution < 1.29 is 9.59 Å². The normalized spacial score (nSPS) is 19.7. The van der Waals surface area contributed by atoms with Gasteiger partial charge in [0.15, 0.2) is 0 Å². The number of carbonyl (C=O) groups excluding carboxylic acids is 2. The van der Waals surface area contributed by atoms with E-state index >= 15 is 0 Å². The molecular weight excluding hydrogens is 513 g/mol. The number of benzene rings is 3. The van der Waals surface area contributed by atoms with Gasteiger partial charge < -0.3 is 15.1 Å². The van der Waals surface area contributed by atoms with Crippen molar-refractivity contribution in [1.29, 1.82) is 0 Å². The molecule has 2 unspecified atom stereocenters. The SMILES string of the molecule is Cc1ccc(SC2(C(=O)NCCN(C)C)CC(=O)N(c3ccc(Cl)cc3)C2c2ccc(Cl)cc2)cc1. The number of aryl methyl sites for hydroxylation is 1. The van der Waals surface area contributed by atoms with Crippen molar-refractivity contribution in [2.24, 2.45) is 0 Å². The Morgan fingerprint density at radius 2 is 1.58 bits per heavy atom. The molecule has 0 aliphatic carbocycles. The van der Waals surface area contributed by atoms with E-state index in [4.69, 9.17) is 23.2 Å². The van der Waals surface area contributed by atoms with Crippen LogP contribution in [0.3, 0.4) is 0 Å². The molecule has 2 amide bonds. The Morgan fingerprint density at radius 3 is 2.17 bits per heavy atom. The van der Waals surface area contributed by atoms with E-state index in [1.165, 1.54) is 11.8 Å². The van der Waals surface area contributed by atoms with Crippen LogP contribution in [-0.2, 0) is 9.59 Å². The molecule has 1 aliphatic rings. The lowest BCUT2D eigenvalue weighted by atomic mass is 9.91. The summed E-state index contributed by atoms with van der Waals surface area (Å²) in [6.07, 6.45) is 0.0509. The highest BCUT2D eigenvalue weighted by atomic mass is 35.5. The van der Waals surface area contributed by atoms with Gasteiger partial charge in [0.1, 0.15) is 4.75 Å². The standard InChI is InChI=1S/C28H29Cl2N3O2S/c1-19-4-14-24(15-5-19)36-28(27(35)31-16-17-32(2)3)18-25(34)33(23-12-10-22(30)11-13-23)26(28)20-6-8-21(29)9-7-20/h4-15,26H,16-18H2,1-3H3,(H,31,35). The molecule has 1 N–H and O–H groups in total. The number of hydrogen-bond acceptors (Lipinski definition) is 4. The van der Waals surface area contributed by atoms with E-state index in [2.05, 4.69) is 5.32 Å². The van der Waals surface area contributed by atoms with Crippen LogP contribution in [0.25, 0.3) is 0 Å². The fourth-order valence-corrected chi connectivity index (χ4v) is 6.08. The topological polar surface area (TPSA) is 52.7 Å². The van der Waals surface area contributed by atoms with Gasteiger partial charge in [-0.3, -0.25) is 9.59 Å². The number of nitrogens with one attached hydrogen (secondary N) is 1. The average molecular weight is 543 g/mol. The van der Waals surface area contributed by atoms with Crippen molar-refractivity contribution >= 4 is 52.5 Å². The van der Waals surface area contributed by atoms with Gasteiger partial charge in [0.05, 0.1) is 12.5 Å². The Morgan fingerprint density at radius 1 is 1.00 bits per heavy atom. The molecule has 1 fully saturated rings. The molecule has 0 saturated carbocycles. The van der Waals surface area contributed by atoms with Crippen molar-refractivity contribution in [2.45, 2.75) is 29.0 Å². The Kier molecular flexibility index (Phi) is 8.30. The number of amides is 2. The van der Waals surface area contributed by atoms with Crippen LogP contribution in [0.15, 0.2) is 77.7 Å². The molecule has 1 aliphatic heterocycles. The van der Waals surface area contributed by atoms with Gasteiger partial charge >= 0.3 is 0 Å². The molecule has 3 aromatic rings. The van der Waals surface area contributed by atoms with E-state index in [1.54, 1.807) is 29.2 Å². The van der Waals surface area contributed by atoms with Crippen LogP contribution in [-0.4, -0.2) is 48.6 Å². The van der Waals surface area contributed by atoms with Crippen molar-refractivity contribution in [3.05, 3.63) is 94.0 Å². The lowest BCUT2D eigenvalue weighted by Crippen LogP contribution is -2.49. The first-order valence-corrected chi connectivity index (χ1v) is 13.3. The van der Waals surface area contributed by atoms with Gasteiger partial charge in [0.25, 0.3) is 0 Å². The lowest BCUT2D eigenvalue weighted by molar-refractivity contribution is -0.125. The summed E-state index contributed by atoms with van der Waals surface area (Å²) in [5.74, 6) is -0.292. The van der Waals surface area contributed by atoms with E-state index < -0.39 is 10.8 Å². The number of thioether (sulfide) groups is 1. The van der Waals surface area contributed by atoms with Crippen LogP contribution in [0.5, 0.6) is 0 Å². The molecule has 0 radical (unpaired) electrons. The van der Waals surface area contributed by atoms with Crippen LogP contribution in [0.4, 0.5) is 5.69 Å². The number of carbonyl (C=O) groups is 2. The van der Waals surface area contributed by atoms with Crippen LogP contribution < -0.4 is 10.2 Å². The number of nitrogens with zero attached hydrogens (tertiary/aromatic N) is 2. The second kappa shape index (κ2) is 11.3.